The molecule has 4 heteroatoms. The lowest BCUT2D eigenvalue weighted by Crippen LogP contribution is -2.50. The molecule has 130 valence electrons. The Labute approximate surface area is 157 Å². The van der Waals surface area contributed by atoms with Crippen LogP contribution in [0.3, 0.4) is 0 Å². The summed E-state index contributed by atoms with van der Waals surface area (Å²) in [5.41, 5.74) is 5.84. The number of benzene rings is 1. The number of likely N-dealkylation sites (tertiary alicyclic amines) is 1. The Hall–Kier alpha value is -0.450. The number of aryl methyl sites for hydroxylation is 1. The van der Waals surface area contributed by atoms with Gasteiger partial charge in [-0.25, -0.2) is 0 Å². The Balaban J connectivity index is 1.82. The summed E-state index contributed by atoms with van der Waals surface area (Å²) in [6.45, 7) is 7.09. The number of hydrogen-bond acceptors (Lipinski definition) is 2. The number of H-pyrrole nitrogens is 1. The second-order valence-corrected chi connectivity index (χ2v) is 9.40. The number of fused-ring (bicyclic) bond motifs is 2. The minimum atomic E-state index is 0.683. The van der Waals surface area contributed by atoms with Crippen LogP contribution in [0.15, 0.2) is 16.6 Å². The number of halogens is 1. The molecule has 0 bridgehead atoms. The van der Waals surface area contributed by atoms with Crippen molar-refractivity contribution in [2.45, 2.75) is 45.1 Å². The molecular weight excluding hydrogens is 380 g/mol. The van der Waals surface area contributed by atoms with Crippen molar-refractivity contribution in [3.63, 3.8) is 0 Å². The molecular formula is C20H27BrN2S. The van der Waals surface area contributed by atoms with E-state index in [0.717, 1.165) is 5.92 Å². The summed E-state index contributed by atoms with van der Waals surface area (Å²) in [7, 11) is 0. The predicted molar refractivity (Wildman–Crippen MR) is 109 cm³/mol. The molecule has 0 unspecified atom stereocenters. The van der Waals surface area contributed by atoms with Gasteiger partial charge in [-0.05, 0) is 73.9 Å². The number of nitrogens with zero attached hydrogens (tertiary/aromatic N) is 1. The highest BCUT2D eigenvalue weighted by molar-refractivity contribution is 9.10. The van der Waals surface area contributed by atoms with Crippen LogP contribution in [0, 0.1) is 12.8 Å². The van der Waals surface area contributed by atoms with Crippen molar-refractivity contribution in [3.05, 3.63) is 33.4 Å². The molecule has 1 aliphatic carbocycles. The summed E-state index contributed by atoms with van der Waals surface area (Å²) in [5.74, 6) is 2.80. The Kier molecular flexibility index (Phi) is 4.74. The topological polar surface area (TPSA) is 19.0 Å². The van der Waals surface area contributed by atoms with Crippen molar-refractivity contribution in [2.24, 2.45) is 5.92 Å². The molecule has 1 saturated heterocycles. The van der Waals surface area contributed by atoms with E-state index < -0.39 is 0 Å². The summed E-state index contributed by atoms with van der Waals surface area (Å²) >= 11 is 5.76. The third-order valence-electron chi connectivity index (χ3n) is 5.95. The van der Waals surface area contributed by atoms with Gasteiger partial charge in [0, 0.05) is 39.6 Å². The maximum Gasteiger partial charge on any atom is 0.0473 e. The zero-order chi connectivity index (χ0) is 16.8. The highest BCUT2D eigenvalue weighted by atomic mass is 79.9. The lowest BCUT2D eigenvalue weighted by atomic mass is 9.72. The van der Waals surface area contributed by atoms with Crippen molar-refractivity contribution in [1.82, 2.24) is 9.88 Å². The molecule has 4 rings (SSSR count). The molecule has 0 radical (unpaired) electrons. The van der Waals surface area contributed by atoms with E-state index in [2.05, 4.69) is 58.0 Å². The minimum Gasteiger partial charge on any atom is -0.358 e. The molecule has 0 saturated carbocycles. The second-order valence-electron chi connectivity index (χ2n) is 7.58. The number of hydrogen-bond donors (Lipinski definition) is 1. The van der Waals surface area contributed by atoms with Gasteiger partial charge in [0.15, 0.2) is 0 Å². The molecule has 0 amide bonds. The van der Waals surface area contributed by atoms with E-state index >= 15 is 0 Å². The van der Waals surface area contributed by atoms with Crippen molar-refractivity contribution < 1.29 is 0 Å². The zero-order valence-corrected chi connectivity index (χ0v) is 17.3. The lowest BCUT2D eigenvalue weighted by Gasteiger charge is -2.47. The molecule has 1 aliphatic heterocycles. The number of rotatable bonds is 4. The van der Waals surface area contributed by atoms with E-state index in [1.165, 1.54) is 59.2 Å². The van der Waals surface area contributed by atoms with E-state index in [1.54, 1.807) is 11.1 Å². The van der Waals surface area contributed by atoms with Crippen LogP contribution >= 0.6 is 27.7 Å². The molecule has 2 nitrogen and oxygen atoms in total. The Morgan fingerprint density at radius 1 is 1.38 bits per heavy atom. The smallest absolute Gasteiger partial charge is 0.0473 e. The van der Waals surface area contributed by atoms with Gasteiger partial charge < -0.3 is 4.98 Å². The molecule has 3 atom stereocenters. The lowest BCUT2D eigenvalue weighted by molar-refractivity contribution is 0.0925. The number of piperidine rings is 1. The maximum absolute atomic E-state index is 3.75. The molecule has 2 heterocycles. The molecule has 0 spiro atoms. The van der Waals surface area contributed by atoms with E-state index in [0.29, 0.717) is 12.0 Å². The molecule has 1 aromatic carbocycles. The Morgan fingerprint density at radius 2 is 2.21 bits per heavy atom. The Morgan fingerprint density at radius 3 is 2.96 bits per heavy atom. The van der Waals surface area contributed by atoms with Crippen molar-refractivity contribution in [3.8, 4) is 0 Å². The summed E-state index contributed by atoms with van der Waals surface area (Å²) in [6.07, 6.45) is 6.07. The van der Waals surface area contributed by atoms with Gasteiger partial charge in [0.25, 0.3) is 0 Å². The summed E-state index contributed by atoms with van der Waals surface area (Å²) < 4.78 is 1.22. The van der Waals surface area contributed by atoms with Crippen molar-refractivity contribution in [1.29, 1.82) is 0 Å². The molecule has 2 aliphatic rings. The maximum atomic E-state index is 3.75. The highest BCUT2D eigenvalue weighted by Crippen LogP contribution is 2.47. The SMILES string of the molecule is CCCN1C[C@H](CSC)C[C@@H]2c3cc(Br)cc4[nH]c(C)c(c34)C[C@H]21. The first kappa shape index (κ1) is 17.0. The van der Waals surface area contributed by atoms with E-state index in [-0.39, 0.29) is 0 Å². The van der Waals surface area contributed by atoms with Gasteiger partial charge in [0.2, 0.25) is 0 Å². The van der Waals surface area contributed by atoms with Crippen LogP contribution in [0.4, 0.5) is 0 Å². The molecule has 1 fully saturated rings. The number of aromatic nitrogens is 1. The van der Waals surface area contributed by atoms with Gasteiger partial charge in [0.05, 0.1) is 0 Å². The first-order valence-electron chi connectivity index (χ1n) is 9.16. The standard InChI is InChI=1S/C20H27BrN2S/c1-4-5-23-10-13(11-24-3)6-16-17-7-14(21)8-18-20(17)15(9-19(16)23)12(2)22-18/h7-8,13,16,19,22H,4-6,9-11H2,1-3H3/t13-,16-,19-/m1/s1. The van der Waals surface area contributed by atoms with Crippen LogP contribution in [-0.4, -0.2) is 41.0 Å². The first-order valence-corrected chi connectivity index (χ1v) is 11.3. The van der Waals surface area contributed by atoms with Gasteiger partial charge in [0.1, 0.15) is 0 Å². The summed E-state index contributed by atoms with van der Waals surface area (Å²) in [4.78, 5) is 6.44. The normalized spacial score (nSPS) is 26.8. The van der Waals surface area contributed by atoms with Gasteiger partial charge in [-0.2, -0.15) is 11.8 Å². The first-order chi connectivity index (χ1) is 11.6. The molecule has 24 heavy (non-hydrogen) atoms. The minimum absolute atomic E-state index is 0.683. The fraction of sp³-hybridized carbons (Fsp3) is 0.600. The van der Waals surface area contributed by atoms with E-state index in [1.807, 2.05) is 11.8 Å². The average molecular weight is 407 g/mol. The third-order valence-corrected chi connectivity index (χ3v) is 7.21. The molecule has 1 aromatic heterocycles. The number of nitrogens with one attached hydrogen (secondary N) is 1. The summed E-state index contributed by atoms with van der Waals surface area (Å²) in [5, 5.41) is 1.53. The van der Waals surface area contributed by atoms with Crippen LogP contribution in [0.5, 0.6) is 0 Å². The van der Waals surface area contributed by atoms with E-state index in [9.17, 15) is 0 Å². The average Bonchev–Trinajstić information content (AvgIpc) is 2.85. The number of aromatic amines is 1. The van der Waals surface area contributed by atoms with Gasteiger partial charge >= 0.3 is 0 Å². The van der Waals surface area contributed by atoms with Crippen LogP contribution in [0.25, 0.3) is 10.9 Å². The van der Waals surface area contributed by atoms with Crippen LogP contribution in [-0.2, 0) is 6.42 Å². The van der Waals surface area contributed by atoms with Crippen molar-refractivity contribution in [2.75, 3.05) is 25.1 Å². The fourth-order valence-corrected chi connectivity index (χ4v) is 6.29. The number of thioether (sulfide) groups is 1. The van der Waals surface area contributed by atoms with Crippen LogP contribution in [0.2, 0.25) is 0 Å². The monoisotopic (exact) mass is 406 g/mol. The third kappa shape index (κ3) is 2.75. The zero-order valence-electron chi connectivity index (χ0n) is 14.9. The quantitative estimate of drug-likeness (QED) is 0.738. The van der Waals surface area contributed by atoms with Gasteiger partial charge in [-0.1, -0.05) is 22.9 Å². The fourth-order valence-electron chi connectivity index (χ4n) is 5.10. The second kappa shape index (κ2) is 6.69. The molecule has 1 N–H and O–H groups in total. The van der Waals surface area contributed by atoms with E-state index in [4.69, 9.17) is 0 Å². The largest absolute Gasteiger partial charge is 0.358 e. The predicted octanol–water partition coefficient (Wildman–Crippen LogP) is 5.34. The van der Waals surface area contributed by atoms with Crippen molar-refractivity contribution >= 4 is 38.6 Å². The highest BCUT2D eigenvalue weighted by Gasteiger charge is 2.40. The van der Waals surface area contributed by atoms with Crippen LogP contribution in [0.1, 0.15) is 42.5 Å². The van der Waals surface area contributed by atoms with Gasteiger partial charge in [-0.3, -0.25) is 4.90 Å². The molecule has 2 aromatic rings. The van der Waals surface area contributed by atoms with Crippen LogP contribution < -0.4 is 0 Å². The van der Waals surface area contributed by atoms with Gasteiger partial charge in [-0.15, -0.1) is 0 Å². The summed E-state index contributed by atoms with van der Waals surface area (Å²) in [6, 6.07) is 5.34. The Bertz CT molecular complexity index is 754.